The summed E-state index contributed by atoms with van der Waals surface area (Å²) in [7, 11) is 0. The second-order valence-corrected chi connectivity index (χ2v) is 5.34. The van der Waals surface area contributed by atoms with Gasteiger partial charge in [0.15, 0.2) is 0 Å². The lowest BCUT2D eigenvalue weighted by molar-refractivity contribution is -0.121. The summed E-state index contributed by atoms with van der Waals surface area (Å²) in [5.74, 6) is -0.409. The molecule has 1 amide bonds. The van der Waals surface area contributed by atoms with Gasteiger partial charge in [0.1, 0.15) is 11.9 Å². The normalized spacial score (nSPS) is 12.0. The van der Waals surface area contributed by atoms with E-state index in [1.807, 2.05) is 0 Å². The van der Waals surface area contributed by atoms with Crippen LogP contribution in [0.5, 0.6) is 0 Å². The van der Waals surface area contributed by atoms with Gasteiger partial charge in [0, 0.05) is 11.0 Å². The summed E-state index contributed by atoms with van der Waals surface area (Å²) in [6, 6.07) is 3.94. The van der Waals surface area contributed by atoms with E-state index in [2.05, 4.69) is 33.5 Å². The monoisotopic (exact) mass is 330 g/mol. The molecule has 1 aromatic carbocycles. The second kappa shape index (κ2) is 8.15. The van der Waals surface area contributed by atoms with E-state index < -0.39 is 6.04 Å². The van der Waals surface area contributed by atoms with Crippen molar-refractivity contribution < 1.29 is 9.18 Å². The van der Waals surface area contributed by atoms with Gasteiger partial charge in [0.05, 0.1) is 5.69 Å². The van der Waals surface area contributed by atoms with Crippen LogP contribution in [0.2, 0.25) is 0 Å². The smallest absolute Gasteiger partial charge is 0.242 e. The summed E-state index contributed by atoms with van der Waals surface area (Å²) < 4.78 is 13.9. The Hall–Kier alpha value is -1.10. The molecule has 2 N–H and O–H groups in total. The van der Waals surface area contributed by atoms with Crippen molar-refractivity contribution in [2.45, 2.75) is 39.2 Å². The van der Waals surface area contributed by atoms with Gasteiger partial charge < -0.3 is 10.6 Å². The SMILES string of the molecule is CCCCCNC(=O)C(C)Nc1cc(F)ccc1Br. The molecular formula is C14H20BrFN2O. The van der Waals surface area contributed by atoms with Gasteiger partial charge >= 0.3 is 0 Å². The number of halogens is 2. The van der Waals surface area contributed by atoms with Gasteiger partial charge in [-0.2, -0.15) is 0 Å². The van der Waals surface area contributed by atoms with E-state index in [0.717, 1.165) is 23.7 Å². The molecule has 0 bridgehead atoms. The predicted molar refractivity (Wildman–Crippen MR) is 79.7 cm³/mol. The minimum atomic E-state index is -0.403. The van der Waals surface area contributed by atoms with Crippen LogP contribution >= 0.6 is 15.9 Å². The first-order valence-electron chi connectivity index (χ1n) is 6.54. The Balaban J connectivity index is 2.47. The Morgan fingerprint density at radius 3 is 2.84 bits per heavy atom. The summed E-state index contributed by atoms with van der Waals surface area (Å²) in [6.07, 6.45) is 3.22. The molecule has 0 radical (unpaired) electrons. The topological polar surface area (TPSA) is 41.1 Å². The standard InChI is InChI=1S/C14H20BrFN2O/c1-3-4-5-8-17-14(19)10(2)18-13-9-11(16)6-7-12(13)15/h6-7,9-10,18H,3-5,8H2,1-2H3,(H,17,19). The molecule has 5 heteroatoms. The van der Waals surface area contributed by atoms with Crippen LogP contribution in [0, 0.1) is 5.82 Å². The lowest BCUT2D eigenvalue weighted by Gasteiger charge is -2.16. The lowest BCUT2D eigenvalue weighted by atomic mass is 10.2. The average Bonchev–Trinajstić information content (AvgIpc) is 2.38. The van der Waals surface area contributed by atoms with Crippen LogP contribution in [0.3, 0.4) is 0 Å². The molecule has 0 saturated carbocycles. The zero-order chi connectivity index (χ0) is 14.3. The minimum Gasteiger partial charge on any atom is -0.373 e. The van der Waals surface area contributed by atoms with Gasteiger partial charge in [0.25, 0.3) is 0 Å². The first kappa shape index (κ1) is 16.0. The van der Waals surface area contributed by atoms with Gasteiger partial charge in [-0.25, -0.2) is 4.39 Å². The fraction of sp³-hybridized carbons (Fsp3) is 0.500. The van der Waals surface area contributed by atoms with Crippen molar-refractivity contribution in [2.24, 2.45) is 0 Å². The zero-order valence-corrected chi connectivity index (χ0v) is 12.9. The van der Waals surface area contributed by atoms with Gasteiger partial charge in [0.2, 0.25) is 5.91 Å². The number of anilines is 1. The number of benzene rings is 1. The Morgan fingerprint density at radius 2 is 2.16 bits per heavy atom. The largest absolute Gasteiger partial charge is 0.373 e. The fourth-order valence-electron chi connectivity index (χ4n) is 1.65. The van der Waals surface area contributed by atoms with Crippen molar-refractivity contribution in [3.05, 3.63) is 28.5 Å². The summed E-state index contributed by atoms with van der Waals surface area (Å²) in [5.41, 5.74) is 0.580. The Bertz CT molecular complexity index is 426. The van der Waals surface area contributed by atoms with E-state index in [-0.39, 0.29) is 11.7 Å². The molecule has 106 valence electrons. The second-order valence-electron chi connectivity index (χ2n) is 4.49. The van der Waals surface area contributed by atoms with Crippen molar-refractivity contribution in [3.8, 4) is 0 Å². The van der Waals surface area contributed by atoms with Crippen molar-refractivity contribution in [2.75, 3.05) is 11.9 Å². The van der Waals surface area contributed by atoms with Crippen LogP contribution in [0.25, 0.3) is 0 Å². The maximum absolute atomic E-state index is 13.1. The molecule has 1 rings (SSSR count). The maximum Gasteiger partial charge on any atom is 0.242 e. The van der Waals surface area contributed by atoms with Crippen LogP contribution in [0.15, 0.2) is 22.7 Å². The predicted octanol–water partition coefficient (Wildman–Crippen LogP) is 3.70. The molecule has 3 nitrogen and oxygen atoms in total. The number of amides is 1. The Labute approximate surface area is 122 Å². The van der Waals surface area contributed by atoms with Gasteiger partial charge in [-0.3, -0.25) is 4.79 Å². The van der Waals surface area contributed by atoms with Crippen molar-refractivity contribution in [3.63, 3.8) is 0 Å². The van der Waals surface area contributed by atoms with E-state index in [9.17, 15) is 9.18 Å². The molecule has 0 fully saturated rings. The summed E-state index contributed by atoms with van der Waals surface area (Å²) >= 11 is 3.32. The van der Waals surface area contributed by atoms with Crippen LogP contribution in [0.4, 0.5) is 10.1 Å². The number of carbonyl (C=O) groups excluding carboxylic acids is 1. The van der Waals surface area contributed by atoms with E-state index in [1.165, 1.54) is 12.1 Å². The molecule has 0 saturated heterocycles. The maximum atomic E-state index is 13.1. The lowest BCUT2D eigenvalue weighted by Crippen LogP contribution is -2.38. The molecule has 0 spiro atoms. The van der Waals surface area contributed by atoms with Crippen molar-refractivity contribution in [1.29, 1.82) is 0 Å². The number of carbonyl (C=O) groups is 1. The highest BCUT2D eigenvalue weighted by Gasteiger charge is 2.13. The molecular weight excluding hydrogens is 311 g/mol. The number of hydrogen-bond donors (Lipinski definition) is 2. The third kappa shape index (κ3) is 5.59. The van der Waals surface area contributed by atoms with Gasteiger partial charge in [-0.1, -0.05) is 19.8 Å². The van der Waals surface area contributed by atoms with Crippen LogP contribution in [-0.2, 0) is 4.79 Å². The van der Waals surface area contributed by atoms with Crippen molar-refractivity contribution >= 4 is 27.5 Å². The Kier molecular flexibility index (Phi) is 6.84. The van der Waals surface area contributed by atoms with Crippen LogP contribution in [-0.4, -0.2) is 18.5 Å². The Morgan fingerprint density at radius 1 is 1.42 bits per heavy atom. The summed E-state index contributed by atoms with van der Waals surface area (Å²) in [6.45, 7) is 4.56. The van der Waals surface area contributed by atoms with E-state index in [0.29, 0.717) is 12.2 Å². The molecule has 0 aromatic heterocycles. The average molecular weight is 331 g/mol. The first-order chi connectivity index (χ1) is 9.04. The molecule has 0 aliphatic heterocycles. The fourth-order valence-corrected chi connectivity index (χ4v) is 2.01. The highest BCUT2D eigenvalue weighted by Crippen LogP contribution is 2.23. The minimum absolute atomic E-state index is 0.0766. The summed E-state index contributed by atoms with van der Waals surface area (Å²) in [4.78, 5) is 11.8. The summed E-state index contributed by atoms with van der Waals surface area (Å²) in [5, 5.41) is 5.85. The van der Waals surface area contributed by atoms with Crippen molar-refractivity contribution in [1.82, 2.24) is 5.32 Å². The van der Waals surface area contributed by atoms with E-state index in [1.54, 1.807) is 13.0 Å². The van der Waals surface area contributed by atoms with Crippen LogP contribution in [0.1, 0.15) is 33.1 Å². The molecule has 1 atom stereocenters. The molecule has 19 heavy (non-hydrogen) atoms. The van der Waals surface area contributed by atoms with E-state index in [4.69, 9.17) is 0 Å². The van der Waals surface area contributed by atoms with Gasteiger partial charge in [-0.15, -0.1) is 0 Å². The first-order valence-corrected chi connectivity index (χ1v) is 7.33. The third-order valence-corrected chi connectivity index (χ3v) is 3.46. The highest BCUT2D eigenvalue weighted by atomic mass is 79.9. The third-order valence-electron chi connectivity index (χ3n) is 2.77. The van der Waals surface area contributed by atoms with Crippen LogP contribution < -0.4 is 10.6 Å². The van der Waals surface area contributed by atoms with E-state index >= 15 is 0 Å². The molecule has 1 aromatic rings. The van der Waals surface area contributed by atoms with Gasteiger partial charge in [-0.05, 0) is 47.5 Å². The highest BCUT2D eigenvalue weighted by molar-refractivity contribution is 9.10. The zero-order valence-electron chi connectivity index (χ0n) is 11.3. The number of rotatable bonds is 7. The number of unbranched alkanes of at least 4 members (excludes halogenated alkanes) is 2. The molecule has 1 unspecified atom stereocenters. The molecule has 0 aliphatic carbocycles. The number of hydrogen-bond acceptors (Lipinski definition) is 2. The molecule has 0 heterocycles. The quantitative estimate of drug-likeness (QED) is 0.748. The number of nitrogens with one attached hydrogen (secondary N) is 2. The molecule has 0 aliphatic rings.